The van der Waals surface area contributed by atoms with E-state index in [0.29, 0.717) is 17.0 Å². The molecule has 0 spiro atoms. The molecule has 1 amide bonds. The molecule has 1 aromatic carbocycles. The second-order valence-corrected chi connectivity index (χ2v) is 5.37. The van der Waals surface area contributed by atoms with E-state index in [1.54, 1.807) is 25.3 Å². The highest BCUT2D eigenvalue weighted by atomic mass is 19.1. The molecule has 0 aliphatic heterocycles. The molecular weight excluding hydrogens is 295 g/mol. The van der Waals surface area contributed by atoms with Crippen LogP contribution in [-0.2, 0) is 4.79 Å². The van der Waals surface area contributed by atoms with E-state index < -0.39 is 0 Å². The highest BCUT2D eigenvalue weighted by molar-refractivity contribution is 5.91. The molecule has 2 heterocycles. The van der Waals surface area contributed by atoms with Gasteiger partial charge >= 0.3 is 0 Å². The van der Waals surface area contributed by atoms with Gasteiger partial charge < -0.3 is 14.3 Å². The smallest absolute Gasteiger partial charge is 0.226 e. The first kappa shape index (κ1) is 15.1. The van der Waals surface area contributed by atoms with Crippen LogP contribution < -0.4 is 5.32 Å². The minimum atomic E-state index is -0.318. The lowest BCUT2D eigenvalue weighted by Crippen LogP contribution is -2.19. The summed E-state index contributed by atoms with van der Waals surface area (Å²) in [6.07, 6.45) is 5.60. The van der Waals surface area contributed by atoms with E-state index >= 15 is 0 Å². The second kappa shape index (κ2) is 6.52. The Hall–Kier alpha value is -2.82. The molecule has 0 fully saturated rings. The van der Waals surface area contributed by atoms with Gasteiger partial charge in [0, 0.05) is 18.1 Å². The molecule has 0 saturated carbocycles. The third kappa shape index (κ3) is 3.51. The van der Waals surface area contributed by atoms with Gasteiger partial charge in [-0.25, -0.2) is 4.39 Å². The lowest BCUT2D eigenvalue weighted by molar-refractivity contribution is -0.116. The number of anilines is 1. The van der Waals surface area contributed by atoms with Crippen molar-refractivity contribution < 1.29 is 13.6 Å². The Kier molecular flexibility index (Phi) is 4.28. The molecule has 4 nitrogen and oxygen atoms in total. The van der Waals surface area contributed by atoms with E-state index in [-0.39, 0.29) is 24.2 Å². The van der Waals surface area contributed by atoms with Crippen LogP contribution in [0.25, 0.3) is 0 Å². The summed E-state index contributed by atoms with van der Waals surface area (Å²) in [6, 6.07) is 11.5. The Balaban J connectivity index is 1.76. The molecule has 0 saturated heterocycles. The second-order valence-electron chi connectivity index (χ2n) is 5.37. The normalized spacial score (nSPS) is 12.1. The number of halogens is 1. The van der Waals surface area contributed by atoms with Crippen LogP contribution in [-0.4, -0.2) is 10.5 Å². The van der Waals surface area contributed by atoms with Crippen molar-refractivity contribution in [2.45, 2.75) is 19.4 Å². The van der Waals surface area contributed by atoms with Gasteiger partial charge in [0.1, 0.15) is 11.6 Å². The van der Waals surface area contributed by atoms with Crippen molar-refractivity contribution in [1.29, 1.82) is 0 Å². The number of carbonyl (C=O) groups is 1. The minimum Gasteiger partial charge on any atom is -0.467 e. The van der Waals surface area contributed by atoms with Crippen molar-refractivity contribution in [3.8, 4) is 0 Å². The van der Waals surface area contributed by atoms with Crippen molar-refractivity contribution in [2.24, 2.45) is 0 Å². The van der Waals surface area contributed by atoms with Crippen LogP contribution >= 0.6 is 0 Å². The molecule has 1 unspecified atom stereocenters. The maximum Gasteiger partial charge on any atom is 0.226 e. The van der Waals surface area contributed by atoms with Crippen molar-refractivity contribution in [2.75, 3.05) is 5.32 Å². The molecule has 118 valence electrons. The molecule has 2 aromatic heterocycles. The Morgan fingerprint density at radius 3 is 2.70 bits per heavy atom. The summed E-state index contributed by atoms with van der Waals surface area (Å²) in [4.78, 5) is 12.4. The number of aryl methyl sites for hydroxylation is 1. The number of aromatic nitrogens is 1. The van der Waals surface area contributed by atoms with Crippen molar-refractivity contribution >= 4 is 11.6 Å². The molecule has 0 aliphatic carbocycles. The molecule has 3 aromatic rings. The molecular formula is C18H17FN2O2. The maximum atomic E-state index is 13.1. The molecule has 0 radical (unpaired) electrons. The van der Waals surface area contributed by atoms with E-state index in [0.717, 1.165) is 0 Å². The Morgan fingerprint density at radius 1 is 1.26 bits per heavy atom. The quantitative estimate of drug-likeness (QED) is 0.769. The van der Waals surface area contributed by atoms with E-state index in [2.05, 4.69) is 5.32 Å². The standard InChI is InChI=1S/C18H17FN2O2/c1-13-11-14(19)6-7-15(13)20-18(22)12-16(17-5-4-10-23-17)21-8-2-3-9-21/h2-11,16H,12H2,1H3,(H,20,22). The van der Waals surface area contributed by atoms with E-state index in [1.807, 2.05) is 35.2 Å². The summed E-state index contributed by atoms with van der Waals surface area (Å²) < 4.78 is 20.5. The highest BCUT2D eigenvalue weighted by Gasteiger charge is 2.20. The zero-order valence-corrected chi connectivity index (χ0v) is 12.7. The van der Waals surface area contributed by atoms with Crippen molar-refractivity contribution in [3.63, 3.8) is 0 Å². The number of rotatable bonds is 5. The summed E-state index contributed by atoms with van der Waals surface area (Å²) in [7, 11) is 0. The molecule has 1 N–H and O–H groups in total. The first-order chi connectivity index (χ1) is 11.1. The molecule has 1 atom stereocenters. The van der Waals surface area contributed by atoms with Crippen LogP contribution in [0.3, 0.4) is 0 Å². The maximum absolute atomic E-state index is 13.1. The molecule has 3 rings (SSSR count). The predicted octanol–water partition coefficient (Wildman–Crippen LogP) is 4.15. The van der Waals surface area contributed by atoms with Gasteiger partial charge in [-0.05, 0) is 55.0 Å². The van der Waals surface area contributed by atoms with Gasteiger partial charge in [-0.2, -0.15) is 0 Å². The number of amides is 1. The van der Waals surface area contributed by atoms with Crippen molar-refractivity contribution in [1.82, 2.24) is 4.57 Å². The SMILES string of the molecule is Cc1cc(F)ccc1NC(=O)CC(c1ccco1)n1cccc1. The number of carbonyl (C=O) groups excluding carboxylic acids is 1. The lowest BCUT2D eigenvalue weighted by Gasteiger charge is -2.17. The fourth-order valence-corrected chi connectivity index (χ4v) is 2.53. The van der Waals surface area contributed by atoms with Gasteiger partial charge in [0.15, 0.2) is 0 Å². The van der Waals surface area contributed by atoms with Crippen LogP contribution in [0.15, 0.2) is 65.5 Å². The summed E-state index contributed by atoms with van der Waals surface area (Å²) in [5.41, 5.74) is 1.30. The van der Waals surface area contributed by atoms with Crippen LogP contribution in [0.1, 0.15) is 23.8 Å². The lowest BCUT2D eigenvalue weighted by atomic mass is 10.1. The summed E-state index contributed by atoms with van der Waals surface area (Å²) in [5, 5.41) is 2.83. The first-order valence-electron chi connectivity index (χ1n) is 7.35. The van der Waals surface area contributed by atoms with E-state index in [9.17, 15) is 9.18 Å². The first-order valence-corrected chi connectivity index (χ1v) is 7.35. The monoisotopic (exact) mass is 312 g/mol. The number of nitrogens with one attached hydrogen (secondary N) is 1. The van der Waals surface area contributed by atoms with Gasteiger partial charge in [-0.15, -0.1) is 0 Å². The Morgan fingerprint density at radius 2 is 2.04 bits per heavy atom. The number of nitrogens with zero attached hydrogens (tertiary/aromatic N) is 1. The average molecular weight is 312 g/mol. The van der Waals surface area contributed by atoms with Gasteiger partial charge in [0.2, 0.25) is 5.91 Å². The minimum absolute atomic E-state index is 0.158. The van der Waals surface area contributed by atoms with Crippen LogP contribution in [0, 0.1) is 12.7 Å². The van der Waals surface area contributed by atoms with Gasteiger partial charge in [0.05, 0.1) is 18.7 Å². The molecule has 5 heteroatoms. The van der Waals surface area contributed by atoms with E-state index in [4.69, 9.17) is 4.42 Å². The third-order valence-corrected chi connectivity index (χ3v) is 3.70. The highest BCUT2D eigenvalue weighted by Crippen LogP contribution is 2.24. The van der Waals surface area contributed by atoms with E-state index in [1.165, 1.54) is 12.1 Å². The summed E-state index contributed by atoms with van der Waals surface area (Å²) in [6.45, 7) is 1.76. The molecule has 0 aliphatic rings. The Labute approximate surface area is 133 Å². The summed E-state index contributed by atoms with van der Waals surface area (Å²) in [5.74, 6) is 0.239. The van der Waals surface area contributed by atoms with Crippen LogP contribution in [0.4, 0.5) is 10.1 Å². The predicted molar refractivity (Wildman–Crippen MR) is 85.7 cm³/mol. The number of hydrogen-bond donors (Lipinski definition) is 1. The zero-order chi connectivity index (χ0) is 16.2. The van der Waals surface area contributed by atoms with Gasteiger partial charge in [-0.3, -0.25) is 4.79 Å². The molecule has 0 bridgehead atoms. The van der Waals surface area contributed by atoms with Gasteiger partial charge in [0.25, 0.3) is 0 Å². The average Bonchev–Trinajstić information content (AvgIpc) is 3.21. The fourth-order valence-electron chi connectivity index (χ4n) is 2.53. The van der Waals surface area contributed by atoms with Crippen LogP contribution in [0.5, 0.6) is 0 Å². The van der Waals surface area contributed by atoms with Gasteiger partial charge in [-0.1, -0.05) is 0 Å². The summed E-state index contributed by atoms with van der Waals surface area (Å²) >= 11 is 0. The largest absolute Gasteiger partial charge is 0.467 e. The topological polar surface area (TPSA) is 47.2 Å². The molecule has 23 heavy (non-hydrogen) atoms. The number of benzene rings is 1. The number of furan rings is 1. The zero-order valence-electron chi connectivity index (χ0n) is 12.7. The third-order valence-electron chi connectivity index (χ3n) is 3.70. The Bertz CT molecular complexity index is 745. The van der Waals surface area contributed by atoms with Crippen LogP contribution in [0.2, 0.25) is 0 Å². The van der Waals surface area contributed by atoms with Crippen molar-refractivity contribution in [3.05, 3.63) is 78.3 Å². The fraction of sp³-hybridized carbons (Fsp3) is 0.167. The number of hydrogen-bond acceptors (Lipinski definition) is 2.